The third-order valence-electron chi connectivity index (χ3n) is 5.83. The molecule has 2 amide bonds. The number of hydrogen-bond acceptors (Lipinski definition) is 3. The van der Waals surface area contributed by atoms with Gasteiger partial charge in [0, 0.05) is 18.8 Å². The molecule has 0 saturated heterocycles. The minimum absolute atomic E-state index is 0.0148. The van der Waals surface area contributed by atoms with Crippen molar-refractivity contribution in [3.63, 3.8) is 0 Å². The van der Waals surface area contributed by atoms with Gasteiger partial charge in [-0.2, -0.15) is 0 Å². The van der Waals surface area contributed by atoms with Crippen molar-refractivity contribution in [2.24, 2.45) is 5.92 Å². The maximum atomic E-state index is 12.7. The third kappa shape index (κ3) is 6.92. The van der Waals surface area contributed by atoms with Crippen molar-refractivity contribution in [3.8, 4) is 0 Å². The van der Waals surface area contributed by atoms with Gasteiger partial charge in [0.25, 0.3) is 0 Å². The summed E-state index contributed by atoms with van der Waals surface area (Å²) in [7, 11) is 1.66. The topological polar surface area (TPSA) is 61.4 Å². The van der Waals surface area contributed by atoms with Crippen molar-refractivity contribution in [2.45, 2.75) is 59.9 Å². The minimum atomic E-state index is -0.198. The Morgan fingerprint density at radius 3 is 2.03 bits per heavy atom. The summed E-state index contributed by atoms with van der Waals surface area (Å²) in [4.78, 5) is 26.6. The molecule has 0 heterocycles. The van der Waals surface area contributed by atoms with E-state index in [-0.39, 0.29) is 36.4 Å². The summed E-state index contributed by atoms with van der Waals surface area (Å²) in [5.74, 6) is 0.0102. The zero-order valence-corrected chi connectivity index (χ0v) is 20.9. The van der Waals surface area contributed by atoms with E-state index in [4.69, 9.17) is 0 Å². The smallest absolute Gasteiger partial charge is 0.243 e. The molecule has 174 valence electrons. The number of nitrogens with one attached hydrogen (secondary N) is 2. The molecule has 5 heteroatoms. The SMILES string of the molecule is Cc1cccc(C)c1NC(=O)CN(C)C(=O)CNC(c1ccc(C(C)(C)C)cc1)C(C)C. The van der Waals surface area contributed by atoms with Gasteiger partial charge in [-0.25, -0.2) is 0 Å². The highest BCUT2D eigenvalue weighted by atomic mass is 16.2. The van der Waals surface area contributed by atoms with Crippen LogP contribution in [-0.4, -0.2) is 36.9 Å². The quantitative estimate of drug-likeness (QED) is 0.612. The van der Waals surface area contributed by atoms with Crippen LogP contribution in [0, 0.1) is 19.8 Å². The molecule has 0 fully saturated rings. The first kappa shape index (κ1) is 25.6. The van der Waals surface area contributed by atoms with Gasteiger partial charge in [-0.1, -0.05) is 77.1 Å². The Kier molecular flexibility index (Phi) is 8.62. The Bertz CT molecular complexity index is 907. The lowest BCUT2D eigenvalue weighted by Gasteiger charge is -2.26. The van der Waals surface area contributed by atoms with Crippen LogP contribution in [0.25, 0.3) is 0 Å². The molecule has 1 atom stereocenters. The number of aryl methyl sites for hydroxylation is 2. The van der Waals surface area contributed by atoms with Gasteiger partial charge in [-0.05, 0) is 47.4 Å². The predicted molar refractivity (Wildman–Crippen MR) is 133 cm³/mol. The third-order valence-corrected chi connectivity index (χ3v) is 5.83. The largest absolute Gasteiger partial charge is 0.335 e. The lowest BCUT2D eigenvalue weighted by Crippen LogP contribution is -2.41. The van der Waals surface area contributed by atoms with Crippen LogP contribution in [0.15, 0.2) is 42.5 Å². The molecule has 5 nitrogen and oxygen atoms in total. The van der Waals surface area contributed by atoms with Crippen molar-refractivity contribution in [1.29, 1.82) is 0 Å². The summed E-state index contributed by atoms with van der Waals surface area (Å²) in [6.07, 6.45) is 0. The van der Waals surface area contributed by atoms with Crippen LogP contribution in [0.3, 0.4) is 0 Å². The summed E-state index contributed by atoms with van der Waals surface area (Å²) in [6.45, 7) is 15.0. The Balaban J connectivity index is 1.95. The first-order valence-corrected chi connectivity index (χ1v) is 11.3. The molecule has 0 aliphatic heterocycles. The van der Waals surface area contributed by atoms with E-state index in [0.29, 0.717) is 5.92 Å². The molecule has 0 spiro atoms. The van der Waals surface area contributed by atoms with Crippen LogP contribution in [0.1, 0.15) is 62.9 Å². The molecule has 32 heavy (non-hydrogen) atoms. The number of likely N-dealkylation sites (N-methyl/N-ethyl adjacent to an activating group) is 1. The number of hydrogen-bond donors (Lipinski definition) is 2. The van der Waals surface area contributed by atoms with Gasteiger partial charge in [0.05, 0.1) is 13.1 Å². The summed E-state index contributed by atoms with van der Waals surface area (Å²) < 4.78 is 0. The van der Waals surface area contributed by atoms with Crippen LogP contribution < -0.4 is 10.6 Å². The maximum absolute atomic E-state index is 12.7. The normalized spacial score (nSPS) is 12.5. The Hall–Kier alpha value is -2.66. The molecule has 2 N–H and O–H groups in total. The van der Waals surface area contributed by atoms with Crippen LogP contribution in [0.4, 0.5) is 5.69 Å². The highest BCUT2D eigenvalue weighted by Gasteiger charge is 2.20. The van der Waals surface area contributed by atoms with Crippen LogP contribution >= 0.6 is 0 Å². The average molecular weight is 438 g/mol. The van der Waals surface area contributed by atoms with E-state index < -0.39 is 0 Å². The Labute approximate surface area is 193 Å². The number of anilines is 1. The lowest BCUT2D eigenvalue weighted by atomic mass is 9.85. The monoisotopic (exact) mass is 437 g/mol. The van der Waals surface area contributed by atoms with Crippen LogP contribution in [-0.2, 0) is 15.0 Å². The second-order valence-electron chi connectivity index (χ2n) is 10.0. The molecule has 0 aliphatic carbocycles. The average Bonchev–Trinajstić information content (AvgIpc) is 2.70. The van der Waals surface area contributed by atoms with Gasteiger partial charge in [0.15, 0.2) is 0 Å². The number of benzene rings is 2. The Morgan fingerprint density at radius 2 is 1.53 bits per heavy atom. The molecule has 2 aromatic carbocycles. The first-order valence-electron chi connectivity index (χ1n) is 11.3. The highest BCUT2D eigenvalue weighted by molar-refractivity contribution is 5.95. The molecule has 1 unspecified atom stereocenters. The van der Waals surface area contributed by atoms with Gasteiger partial charge in [-0.3, -0.25) is 9.59 Å². The van der Waals surface area contributed by atoms with Gasteiger partial charge in [-0.15, -0.1) is 0 Å². The summed E-state index contributed by atoms with van der Waals surface area (Å²) in [5, 5.41) is 6.33. The Morgan fingerprint density at radius 1 is 0.969 bits per heavy atom. The molecule has 0 radical (unpaired) electrons. The second-order valence-corrected chi connectivity index (χ2v) is 10.0. The number of carbonyl (C=O) groups is 2. The predicted octanol–water partition coefficient (Wildman–Crippen LogP) is 4.98. The standard InChI is InChI=1S/C27H39N3O2/c1-18(2)25(21-12-14-22(15-13-21)27(5,6)7)28-16-24(32)30(8)17-23(31)29-26-19(3)10-9-11-20(26)4/h9-15,18,25,28H,16-17H2,1-8H3,(H,29,31). The van der Waals surface area contributed by atoms with E-state index in [1.807, 2.05) is 32.0 Å². The van der Waals surface area contributed by atoms with Gasteiger partial charge in [0.2, 0.25) is 11.8 Å². The molecule has 0 aromatic heterocycles. The van der Waals surface area contributed by atoms with Crippen molar-refractivity contribution in [2.75, 3.05) is 25.5 Å². The lowest BCUT2D eigenvalue weighted by molar-refractivity contribution is -0.132. The van der Waals surface area contributed by atoms with E-state index in [2.05, 4.69) is 69.5 Å². The second kappa shape index (κ2) is 10.8. The van der Waals surface area contributed by atoms with E-state index in [1.54, 1.807) is 7.05 Å². The van der Waals surface area contributed by atoms with E-state index in [9.17, 15) is 9.59 Å². The number of carbonyl (C=O) groups excluding carboxylic acids is 2. The number of para-hydroxylation sites is 1. The van der Waals surface area contributed by atoms with Crippen molar-refractivity contribution < 1.29 is 9.59 Å². The summed E-state index contributed by atoms with van der Waals surface area (Å²) >= 11 is 0. The molecule has 0 saturated carbocycles. The fraction of sp³-hybridized carbons (Fsp3) is 0.481. The maximum Gasteiger partial charge on any atom is 0.243 e. The molecular weight excluding hydrogens is 398 g/mol. The fourth-order valence-electron chi connectivity index (χ4n) is 3.76. The number of rotatable bonds is 8. The molecule has 0 bridgehead atoms. The minimum Gasteiger partial charge on any atom is -0.335 e. The van der Waals surface area contributed by atoms with Crippen molar-refractivity contribution in [3.05, 3.63) is 64.7 Å². The fourth-order valence-corrected chi connectivity index (χ4v) is 3.76. The van der Waals surface area contributed by atoms with E-state index in [0.717, 1.165) is 22.4 Å². The van der Waals surface area contributed by atoms with Crippen molar-refractivity contribution >= 4 is 17.5 Å². The van der Waals surface area contributed by atoms with Gasteiger partial charge in [0.1, 0.15) is 0 Å². The zero-order valence-electron chi connectivity index (χ0n) is 20.9. The molecule has 2 aromatic rings. The molecular formula is C27H39N3O2. The van der Waals surface area contributed by atoms with Crippen LogP contribution in [0.5, 0.6) is 0 Å². The van der Waals surface area contributed by atoms with E-state index >= 15 is 0 Å². The highest BCUT2D eigenvalue weighted by Crippen LogP contribution is 2.26. The zero-order chi connectivity index (χ0) is 24.1. The molecule has 2 rings (SSSR count). The van der Waals surface area contributed by atoms with Crippen molar-refractivity contribution in [1.82, 2.24) is 10.2 Å². The first-order chi connectivity index (χ1) is 14.9. The molecule has 0 aliphatic rings. The number of amides is 2. The van der Waals surface area contributed by atoms with Gasteiger partial charge < -0.3 is 15.5 Å². The van der Waals surface area contributed by atoms with E-state index in [1.165, 1.54) is 10.5 Å². The summed E-state index contributed by atoms with van der Waals surface area (Å²) in [5.41, 5.74) is 5.38. The van der Waals surface area contributed by atoms with Gasteiger partial charge >= 0.3 is 0 Å². The van der Waals surface area contributed by atoms with Crippen LogP contribution in [0.2, 0.25) is 0 Å². The summed E-state index contributed by atoms with van der Waals surface area (Å²) in [6, 6.07) is 14.6. The number of nitrogens with zero attached hydrogens (tertiary/aromatic N) is 1.